The topological polar surface area (TPSA) is 110 Å². The molecule has 0 rings (SSSR count). The normalized spacial score (nSPS) is 12.4. The van der Waals surface area contributed by atoms with Crippen molar-refractivity contribution in [3.63, 3.8) is 0 Å². The van der Waals surface area contributed by atoms with Gasteiger partial charge in [-0.05, 0) is 0 Å². The zero-order chi connectivity index (χ0) is 14.2. The number of hydrogen-bond donors (Lipinski definition) is 2. The van der Waals surface area contributed by atoms with Gasteiger partial charge in [0.25, 0.3) is 10.1 Å². The molecule has 0 spiro atoms. The Balaban J connectivity index is 3.82. The molecular weight excluding hydrogens is 281 g/mol. The third-order valence-electron chi connectivity index (χ3n) is 2.30. The first-order valence-corrected chi connectivity index (χ1v) is 9.27. The second-order valence-electron chi connectivity index (χ2n) is 3.67. The van der Waals surface area contributed by atoms with Crippen molar-refractivity contribution in [2.24, 2.45) is 0 Å². The number of hydrogen-bond acceptors (Lipinski definition) is 5. The number of amides is 1. The first kappa shape index (κ1) is 17.6. The van der Waals surface area contributed by atoms with Crippen molar-refractivity contribution < 1.29 is 26.9 Å². The first-order valence-electron chi connectivity index (χ1n) is 5.67. The zero-order valence-electron chi connectivity index (χ0n) is 10.6. The highest BCUT2D eigenvalue weighted by atomic mass is 32.2. The molecule has 0 saturated carbocycles. The van der Waals surface area contributed by atoms with E-state index >= 15 is 0 Å². The van der Waals surface area contributed by atoms with Crippen molar-refractivity contribution in [3.05, 3.63) is 0 Å². The standard InChI is InChI=1S/C9H20NO6PS/c1-3-17(12,4-2)16-7-5-9(11)10-6-8-18(13,14)15/h3-8H2,1-2H3,(H,10,11)(H,13,14,15). The molecule has 0 saturated heterocycles. The Kier molecular flexibility index (Phi) is 7.70. The smallest absolute Gasteiger partial charge is 0.266 e. The van der Waals surface area contributed by atoms with Gasteiger partial charge < -0.3 is 9.84 Å². The molecule has 108 valence electrons. The van der Waals surface area contributed by atoms with E-state index in [1.807, 2.05) is 0 Å². The van der Waals surface area contributed by atoms with Crippen molar-refractivity contribution in [2.75, 3.05) is 31.2 Å². The SMILES string of the molecule is CCP(=O)(CC)OCCC(=O)NCCS(=O)(=O)O. The number of carbonyl (C=O) groups is 1. The van der Waals surface area contributed by atoms with E-state index < -0.39 is 29.1 Å². The van der Waals surface area contributed by atoms with Gasteiger partial charge in [0.1, 0.15) is 0 Å². The number of nitrogens with one attached hydrogen (secondary N) is 1. The third kappa shape index (κ3) is 8.63. The van der Waals surface area contributed by atoms with Crippen molar-refractivity contribution in [2.45, 2.75) is 20.3 Å². The summed E-state index contributed by atoms with van der Waals surface area (Å²) in [5, 5.41) is 2.31. The molecule has 2 N–H and O–H groups in total. The lowest BCUT2D eigenvalue weighted by Crippen LogP contribution is -2.29. The van der Waals surface area contributed by atoms with Gasteiger partial charge in [-0.25, -0.2) is 0 Å². The summed E-state index contributed by atoms with van der Waals surface area (Å²) in [6.45, 7) is 3.40. The maximum absolute atomic E-state index is 11.8. The molecule has 0 aliphatic heterocycles. The van der Waals surface area contributed by atoms with Crippen LogP contribution in [0.4, 0.5) is 0 Å². The van der Waals surface area contributed by atoms with Crippen LogP contribution in [0.5, 0.6) is 0 Å². The maximum atomic E-state index is 11.8. The lowest BCUT2D eigenvalue weighted by atomic mass is 10.4. The Labute approximate surface area is 107 Å². The monoisotopic (exact) mass is 301 g/mol. The van der Waals surface area contributed by atoms with Crippen LogP contribution in [0.1, 0.15) is 20.3 Å². The van der Waals surface area contributed by atoms with Crippen LogP contribution in [-0.2, 0) is 24.0 Å². The molecule has 1 amide bonds. The summed E-state index contributed by atoms with van der Waals surface area (Å²) in [4.78, 5) is 11.2. The third-order valence-corrected chi connectivity index (χ3v) is 5.60. The highest BCUT2D eigenvalue weighted by molar-refractivity contribution is 7.85. The van der Waals surface area contributed by atoms with Gasteiger partial charge in [0, 0.05) is 18.9 Å². The molecule has 0 aliphatic carbocycles. The second-order valence-corrected chi connectivity index (χ2v) is 8.39. The van der Waals surface area contributed by atoms with E-state index in [0.29, 0.717) is 12.3 Å². The summed E-state index contributed by atoms with van der Waals surface area (Å²) in [5.74, 6) is -0.931. The van der Waals surface area contributed by atoms with Gasteiger partial charge >= 0.3 is 0 Å². The quantitative estimate of drug-likeness (QED) is 0.479. The van der Waals surface area contributed by atoms with E-state index in [0.717, 1.165) is 0 Å². The van der Waals surface area contributed by atoms with Crippen LogP contribution >= 0.6 is 7.37 Å². The lowest BCUT2D eigenvalue weighted by Gasteiger charge is -2.14. The van der Waals surface area contributed by atoms with Crippen LogP contribution in [0.2, 0.25) is 0 Å². The fourth-order valence-corrected chi connectivity index (χ4v) is 2.72. The molecule has 0 fully saturated rings. The predicted octanol–water partition coefficient (Wildman–Crippen LogP) is 0.715. The first-order chi connectivity index (χ1) is 8.22. The summed E-state index contributed by atoms with van der Waals surface area (Å²) in [6.07, 6.45) is 0.858. The van der Waals surface area contributed by atoms with E-state index in [1.54, 1.807) is 13.8 Å². The summed E-state index contributed by atoms with van der Waals surface area (Å²) < 4.78 is 46.2. The number of rotatable bonds is 9. The van der Waals surface area contributed by atoms with Gasteiger partial charge in [-0.15, -0.1) is 0 Å². The Morgan fingerprint density at radius 2 is 1.89 bits per heavy atom. The molecule has 0 aromatic rings. The highest BCUT2D eigenvalue weighted by Gasteiger charge is 2.17. The van der Waals surface area contributed by atoms with Crippen molar-refractivity contribution in [3.8, 4) is 0 Å². The van der Waals surface area contributed by atoms with Crippen molar-refractivity contribution >= 4 is 23.4 Å². The molecule has 0 unspecified atom stereocenters. The molecule has 0 bridgehead atoms. The van der Waals surface area contributed by atoms with E-state index in [1.165, 1.54) is 0 Å². The summed E-state index contributed by atoms with van der Waals surface area (Å²) in [5.41, 5.74) is 0. The van der Waals surface area contributed by atoms with Gasteiger partial charge in [0.15, 0.2) is 0 Å². The summed E-state index contributed by atoms with van der Waals surface area (Å²) >= 11 is 0. The molecule has 18 heavy (non-hydrogen) atoms. The molecule has 0 aromatic carbocycles. The van der Waals surface area contributed by atoms with Gasteiger partial charge in [-0.2, -0.15) is 8.42 Å². The Morgan fingerprint density at radius 3 is 2.33 bits per heavy atom. The molecule has 0 radical (unpaired) electrons. The minimum atomic E-state index is -4.06. The average molecular weight is 301 g/mol. The van der Waals surface area contributed by atoms with Crippen LogP contribution in [0, 0.1) is 0 Å². The maximum Gasteiger partial charge on any atom is 0.266 e. The van der Waals surface area contributed by atoms with Crippen molar-refractivity contribution in [1.29, 1.82) is 0 Å². The Morgan fingerprint density at radius 1 is 1.33 bits per heavy atom. The predicted molar refractivity (Wildman–Crippen MR) is 68.7 cm³/mol. The minimum absolute atomic E-state index is 0.00939. The number of carbonyl (C=O) groups excluding carboxylic acids is 1. The van der Waals surface area contributed by atoms with Gasteiger partial charge in [-0.3, -0.25) is 13.9 Å². The van der Waals surface area contributed by atoms with Crippen LogP contribution in [-0.4, -0.2) is 50.1 Å². The second kappa shape index (κ2) is 7.89. The van der Waals surface area contributed by atoms with Gasteiger partial charge in [-0.1, -0.05) is 13.8 Å². The van der Waals surface area contributed by atoms with Crippen LogP contribution in [0.3, 0.4) is 0 Å². The lowest BCUT2D eigenvalue weighted by molar-refractivity contribution is -0.121. The fourth-order valence-electron chi connectivity index (χ4n) is 1.12. The fraction of sp³-hybridized carbons (Fsp3) is 0.889. The minimum Gasteiger partial charge on any atom is -0.355 e. The van der Waals surface area contributed by atoms with Gasteiger partial charge in [0.05, 0.1) is 18.8 Å². The van der Waals surface area contributed by atoms with Crippen LogP contribution in [0.15, 0.2) is 0 Å². The molecular formula is C9H20NO6PS. The van der Waals surface area contributed by atoms with Crippen molar-refractivity contribution in [1.82, 2.24) is 5.32 Å². The average Bonchev–Trinajstić information content (AvgIpc) is 2.27. The van der Waals surface area contributed by atoms with Crippen LogP contribution < -0.4 is 5.32 Å². The molecule has 0 aromatic heterocycles. The molecule has 0 aliphatic rings. The molecule has 7 nitrogen and oxygen atoms in total. The van der Waals surface area contributed by atoms with E-state index in [-0.39, 0.29) is 19.6 Å². The van der Waals surface area contributed by atoms with E-state index in [9.17, 15) is 17.8 Å². The van der Waals surface area contributed by atoms with Crippen LogP contribution in [0.25, 0.3) is 0 Å². The van der Waals surface area contributed by atoms with E-state index in [2.05, 4.69) is 5.32 Å². The van der Waals surface area contributed by atoms with E-state index in [4.69, 9.17) is 9.08 Å². The Bertz CT molecular complexity index is 399. The molecule has 0 atom stereocenters. The molecule has 9 heteroatoms. The largest absolute Gasteiger partial charge is 0.355 e. The van der Waals surface area contributed by atoms with Gasteiger partial charge in [0.2, 0.25) is 13.3 Å². The summed E-state index contributed by atoms with van der Waals surface area (Å²) in [7, 11) is -6.67. The summed E-state index contributed by atoms with van der Waals surface area (Å²) in [6, 6.07) is 0. The highest BCUT2D eigenvalue weighted by Crippen LogP contribution is 2.45. The molecule has 0 heterocycles. The Hall–Kier alpha value is -0.430. The zero-order valence-corrected chi connectivity index (χ0v) is 12.3.